The molecule has 8 rings (SSSR count). The molecule has 2 saturated heterocycles. The zero-order chi connectivity index (χ0) is 39.7. The van der Waals surface area contributed by atoms with Gasteiger partial charge in [0.05, 0.1) is 19.5 Å². The molecule has 0 bridgehead atoms. The van der Waals surface area contributed by atoms with Gasteiger partial charge in [-0.2, -0.15) is 10.2 Å². The molecule has 0 saturated carbocycles. The van der Waals surface area contributed by atoms with E-state index in [4.69, 9.17) is 29.2 Å². The Morgan fingerprint density at radius 1 is 0.632 bits per heavy atom. The van der Waals surface area contributed by atoms with E-state index in [9.17, 15) is 0 Å². The Balaban J connectivity index is 0.000000174. The lowest BCUT2D eigenvalue weighted by molar-refractivity contribution is 0.415. The minimum absolute atomic E-state index is 0.333. The zero-order valence-electron chi connectivity index (χ0n) is 31.7. The number of hydrogen-bond acceptors (Lipinski definition) is 9. The van der Waals surface area contributed by atoms with Crippen molar-refractivity contribution in [2.24, 2.45) is 0 Å². The van der Waals surface area contributed by atoms with Gasteiger partial charge in [-0.25, -0.2) is 0 Å². The van der Waals surface area contributed by atoms with E-state index in [0.717, 1.165) is 111 Å². The van der Waals surface area contributed by atoms with Crippen molar-refractivity contribution in [1.29, 1.82) is 0 Å². The topological polar surface area (TPSA) is 115 Å². The minimum atomic E-state index is 0.333. The van der Waals surface area contributed by atoms with Crippen molar-refractivity contribution in [3.63, 3.8) is 0 Å². The number of nitrogens with one attached hydrogen (secondary N) is 4. The summed E-state index contributed by atoms with van der Waals surface area (Å²) in [7, 11) is 1.66. The Morgan fingerprint density at radius 3 is 1.47 bits per heavy atom. The third-order valence-corrected chi connectivity index (χ3v) is 11.6. The Kier molecular flexibility index (Phi) is 13.6. The molecule has 4 N–H and O–H groups in total. The zero-order valence-corrected chi connectivity index (χ0v) is 36.5. The number of nitrogens with zero attached hydrogens (tertiary/aromatic N) is 6. The number of aryl methyl sites for hydroxylation is 1. The van der Waals surface area contributed by atoms with Gasteiger partial charge in [-0.05, 0) is 118 Å². The van der Waals surface area contributed by atoms with Crippen LogP contribution >= 0.6 is 56.3 Å². The van der Waals surface area contributed by atoms with E-state index in [2.05, 4.69) is 127 Å². The highest BCUT2D eigenvalue weighted by Gasteiger charge is 2.24. The lowest BCUT2D eigenvalue weighted by Gasteiger charge is -2.34. The number of ether oxygens (including phenoxy) is 1. The first-order valence-corrected chi connectivity index (χ1v) is 21.3. The van der Waals surface area contributed by atoms with Gasteiger partial charge in [-0.1, -0.05) is 61.7 Å². The molecule has 0 atom stereocenters. The second-order valence-electron chi connectivity index (χ2n) is 14.1. The van der Waals surface area contributed by atoms with Crippen LogP contribution in [-0.4, -0.2) is 76.0 Å². The van der Waals surface area contributed by atoms with Gasteiger partial charge >= 0.3 is 0 Å². The molecule has 2 fully saturated rings. The summed E-state index contributed by atoms with van der Waals surface area (Å²) >= 11 is 18.1. The summed E-state index contributed by atoms with van der Waals surface area (Å²) in [5, 5.41) is 36.4. The fraction of sp³-hybridized carbons (Fsp3) is 0.286. The van der Waals surface area contributed by atoms with E-state index in [0.29, 0.717) is 22.3 Å². The maximum atomic E-state index is 5.49. The Morgan fingerprint density at radius 2 is 1.05 bits per heavy atom. The molecule has 0 radical (unpaired) electrons. The van der Waals surface area contributed by atoms with Gasteiger partial charge < -0.3 is 35.8 Å². The molecule has 57 heavy (non-hydrogen) atoms. The van der Waals surface area contributed by atoms with E-state index in [-0.39, 0.29) is 0 Å². The standard InChI is InChI=1S/C21H22BrN5OS.C21H22BrN5S/c1-28-18-6-4-16(5-7-18)24-21(29)25-17-8-10-27(11-9-17)20-19-12-15(22)3-2-14(19)13-23-26-20;1-14-2-6-17(7-3-14)24-21(28)25-18-8-10-27(11-9-18)20-19-12-16(22)5-4-15(19)13-23-26-20/h2-7,12-13,17H,8-11H2,1H3,(H2,24,25,29);2-7,12-13,18H,8-11H2,1H3,(H2,24,25,28). The summed E-state index contributed by atoms with van der Waals surface area (Å²) < 4.78 is 7.28. The fourth-order valence-corrected chi connectivity index (χ4v) is 8.31. The molecule has 2 aromatic heterocycles. The van der Waals surface area contributed by atoms with Crippen molar-refractivity contribution < 1.29 is 4.74 Å². The number of aromatic nitrogens is 4. The lowest BCUT2D eigenvalue weighted by atomic mass is 10.0. The van der Waals surface area contributed by atoms with Gasteiger partial charge in [0.15, 0.2) is 21.9 Å². The summed E-state index contributed by atoms with van der Waals surface area (Å²) in [5.74, 6) is 2.73. The number of methoxy groups -OCH3 is 1. The van der Waals surface area contributed by atoms with Crippen LogP contribution in [0, 0.1) is 6.92 Å². The molecule has 294 valence electrons. The summed E-state index contributed by atoms with van der Waals surface area (Å²) in [6, 6.07) is 29.1. The van der Waals surface area contributed by atoms with E-state index in [1.54, 1.807) is 7.11 Å². The average Bonchev–Trinajstić information content (AvgIpc) is 3.22. The number of halogens is 2. The van der Waals surface area contributed by atoms with Gasteiger partial charge in [0, 0.05) is 80.1 Å². The first-order valence-electron chi connectivity index (χ1n) is 18.9. The maximum Gasteiger partial charge on any atom is 0.170 e. The molecule has 2 aliphatic rings. The van der Waals surface area contributed by atoms with Crippen LogP contribution in [0.4, 0.5) is 23.0 Å². The molecule has 0 amide bonds. The number of hydrogen-bond donors (Lipinski definition) is 4. The number of benzene rings is 4. The van der Waals surface area contributed by atoms with Crippen LogP contribution in [0.2, 0.25) is 0 Å². The van der Waals surface area contributed by atoms with Crippen molar-refractivity contribution in [3.05, 3.63) is 112 Å². The number of fused-ring (bicyclic) bond motifs is 2. The third kappa shape index (κ3) is 10.8. The van der Waals surface area contributed by atoms with Crippen LogP contribution < -0.4 is 35.8 Å². The van der Waals surface area contributed by atoms with Gasteiger partial charge in [-0.3, -0.25) is 0 Å². The van der Waals surface area contributed by atoms with Gasteiger partial charge in [0.2, 0.25) is 0 Å². The summed E-state index contributed by atoms with van der Waals surface area (Å²) in [6.07, 6.45) is 7.59. The quantitative estimate of drug-likeness (QED) is 0.114. The van der Waals surface area contributed by atoms with E-state index in [1.807, 2.05) is 60.9 Å². The van der Waals surface area contributed by atoms with Crippen LogP contribution in [-0.2, 0) is 0 Å². The molecule has 4 aromatic carbocycles. The average molecular weight is 929 g/mol. The van der Waals surface area contributed by atoms with Crippen molar-refractivity contribution in [1.82, 2.24) is 31.0 Å². The largest absolute Gasteiger partial charge is 0.497 e. The van der Waals surface area contributed by atoms with Crippen LogP contribution in [0.25, 0.3) is 21.5 Å². The second-order valence-corrected chi connectivity index (χ2v) is 16.8. The van der Waals surface area contributed by atoms with Gasteiger partial charge in [-0.15, -0.1) is 10.2 Å². The first kappa shape index (κ1) is 40.5. The summed E-state index contributed by atoms with van der Waals surface area (Å²) in [6.45, 7) is 5.73. The monoisotopic (exact) mass is 926 g/mol. The van der Waals surface area contributed by atoms with E-state index >= 15 is 0 Å². The number of thiocarbonyl (C=S) groups is 2. The predicted molar refractivity (Wildman–Crippen MR) is 248 cm³/mol. The van der Waals surface area contributed by atoms with Crippen LogP contribution in [0.5, 0.6) is 5.75 Å². The molecule has 6 aromatic rings. The smallest absolute Gasteiger partial charge is 0.170 e. The maximum absolute atomic E-state index is 5.49. The summed E-state index contributed by atoms with van der Waals surface area (Å²) in [5.41, 5.74) is 3.19. The third-order valence-electron chi connectivity index (χ3n) is 10.1. The number of anilines is 4. The molecule has 11 nitrogen and oxygen atoms in total. The highest BCUT2D eigenvalue weighted by atomic mass is 79.9. The van der Waals surface area contributed by atoms with E-state index in [1.165, 1.54) is 5.56 Å². The SMILES string of the molecule is COc1ccc(NC(=S)NC2CCN(c3nncc4ccc(Br)cc34)CC2)cc1.Cc1ccc(NC(=S)NC2CCN(c3nncc4ccc(Br)cc34)CC2)cc1. The molecule has 2 aliphatic heterocycles. The van der Waals surface area contributed by atoms with Crippen LogP contribution in [0.3, 0.4) is 0 Å². The lowest BCUT2D eigenvalue weighted by Crippen LogP contribution is -2.46. The summed E-state index contributed by atoms with van der Waals surface area (Å²) in [4.78, 5) is 4.62. The molecule has 0 spiro atoms. The fourth-order valence-electron chi connectivity index (χ4n) is 7.02. The van der Waals surface area contributed by atoms with E-state index < -0.39 is 0 Å². The molecular weight excluding hydrogens is 884 g/mol. The second kappa shape index (κ2) is 19.2. The number of rotatable bonds is 7. The Bertz CT molecular complexity index is 2320. The van der Waals surface area contributed by atoms with Crippen molar-refractivity contribution in [3.8, 4) is 5.75 Å². The molecule has 15 heteroatoms. The molecule has 4 heterocycles. The molecular formula is C42H44Br2N10OS2. The van der Waals surface area contributed by atoms with Crippen molar-refractivity contribution >= 4 is 111 Å². The Hall–Kier alpha value is -4.70. The van der Waals surface area contributed by atoms with Gasteiger partial charge in [0.25, 0.3) is 0 Å². The molecule has 0 aliphatic carbocycles. The van der Waals surface area contributed by atoms with Crippen LogP contribution in [0.1, 0.15) is 31.2 Å². The Labute approximate surface area is 360 Å². The highest BCUT2D eigenvalue weighted by Crippen LogP contribution is 2.30. The molecule has 0 unspecified atom stereocenters. The number of piperidine rings is 2. The normalized spacial score (nSPS) is 14.7. The highest BCUT2D eigenvalue weighted by molar-refractivity contribution is 9.10. The minimum Gasteiger partial charge on any atom is -0.497 e. The van der Waals surface area contributed by atoms with Crippen LogP contribution in [0.15, 0.2) is 106 Å². The van der Waals surface area contributed by atoms with Crippen molar-refractivity contribution in [2.45, 2.75) is 44.7 Å². The predicted octanol–water partition coefficient (Wildman–Crippen LogP) is 9.01. The van der Waals surface area contributed by atoms with Crippen molar-refractivity contribution in [2.75, 3.05) is 53.7 Å². The first-order chi connectivity index (χ1) is 27.7. The van der Waals surface area contributed by atoms with Gasteiger partial charge in [0.1, 0.15) is 5.75 Å².